The van der Waals surface area contributed by atoms with Gasteiger partial charge in [0.25, 0.3) is 0 Å². The maximum atomic E-state index is 12.3. The van der Waals surface area contributed by atoms with Gasteiger partial charge in [-0.05, 0) is 40.0 Å². The third-order valence-electron chi connectivity index (χ3n) is 4.53. The molecular formula is C16H23BrClF2N3O. The Balaban J connectivity index is 0.00000208. The summed E-state index contributed by atoms with van der Waals surface area (Å²) in [5, 5.41) is 3.39. The van der Waals surface area contributed by atoms with Crippen LogP contribution in [-0.2, 0) is 6.54 Å². The zero-order chi connectivity index (χ0) is 16.2. The van der Waals surface area contributed by atoms with E-state index in [2.05, 4.69) is 35.8 Å². The summed E-state index contributed by atoms with van der Waals surface area (Å²) < 4.78 is 29.6. The van der Waals surface area contributed by atoms with E-state index in [-0.39, 0.29) is 18.2 Å². The van der Waals surface area contributed by atoms with E-state index in [0.717, 1.165) is 51.4 Å². The number of halogens is 4. The lowest BCUT2D eigenvalue weighted by molar-refractivity contribution is -0.0503. The van der Waals surface area contributed by atoms with Crippen molar-refractivity contribution in [3.63, 3.8) is 0 Å². The monoisotopic (exact) mass is 425 g/mol. The van der Waals surface area contributed by atoms with Crippen molar-refractivity contribution in [3.8, 4) is 5.75 Å². The second-order valence-corrected chi connectivity index (χ2v) is 6.96. The highest BCUT2D eigenvalue weighted by Gasteiger charge is 2.28. The second-order valence-electron chi connectivity index (χ2n) is 6.11. The molecule has 0 spiro atoms. The predicted octanol–water partition coefficient (Wildman–Crippen LogP) is 2.95. The summed E-state index contributed by atoms with van der Waals surface area (Å²) in [6, 6.07) is 5.98. The summed E-state index contributed by atoms with van der Waals surface area (Å²) in [6.45, 7) is 4.62. The highest BCUT2D eigenvalue weighted by Crippen LogP contribution is 2.28. The molecule has 2 aliphatic rings. The molecule has 24 heavy (non-hydrogen) atoms. The van der Waals surface area contributed by atoms with Crippen LogP contribution in [0.1, 0.15) is 12.0 Å². The van der Waals surface area contributed by atoms with E-state index in [1.54, 1.807) is 6.07 Å². The Labute approximate surface area is 156 Å². The van der Waals surface area contributed by atoms with Crippen molar-refractivity contribution in [2.24, 2.45) is 0 Å². The number of ether oxygens (including phenoxy) is 1. The Morgan fingerprint density at radius 2 is 2.00 bits per heavy atom. The van der Waals surface area contributed by atoms with Crippen LogP contribution in [0.5, 0.6) is 5.75 Å². The van der Waals surface area contributed by atoms with Gasteiger partial charge < -0.3 is 10.1 Å². The third kappa shape index (κ3) is 5.26. The van der Waals surface area contributed by atoms with Gasteiger partial charge in [0.15, 0.2) is 0 Å². The summed E-state index contributed by atoms with van der Waals surface area (Å²) in [5.74, 6) is 0.184. The average Bonchev–Trinajstić information content (AvgIpc) is 2.99. The van der Waals surface area contributed by atoms with Crippen LogP contribution in [0.2, 0.25) is 0 Å². The number of likely N-dealkylation sites (tertiary alicyclic amines) is 1. The topological polar surface area (TPSA) is 27.7 Å². The van der Waals surface area contributed by atoms with Gasteiger partial charge in [-0.3, -0.25) is 9.80 Å². The van der Waals surface area contributed by atoms with Gasteiger partial charge in [0.2, 0.25) is 0 Å². The van der Waals surface area contributed by atoms with Gasteiger partial charge >= 0.3 is 6.61 Å². The number of rotatable bonds is 5. The largest absolute Gasteiger partial charge is 0.434 e. The first-order valence-corrected chi connectivity index (χ1v) is 8.81. The lowest BCUT2D eigenvalue weighted by atomic mass is 10.2. The minimum atomic E-state index is -2.80. The van der Waals surface area contributed by atoms with Gasteiger partial charge in [-0.15, -0.1) is 12.4 Å². The minimum absolute atomic E-state index is 0. The molecule has 2 saturated heterocycles. The summed E-state index contributed by atoms with van der Waals surface area (Å²) in [4.78, 5) is 5.01. The smallest absolute Gasteiger partial charge is 0.387 e. The zero-order valence-corrected chi connectivity index (χ0v) is 15.8. The number of piperazine rings is 1. The van der Waals surface area contributed by atoms with Gasteiger partial charge in [-0.1, -0.05) is 6.07 Å². The van der Waals surface area contributed by atoms with E-state index >= 15 is 0 Å². The molecular weight excluding hydrogens is 404 g/mol. The van der Waals surface area contributed by atoms with E-state index in [9.17, 15) is 8.78 Å². The van der Waals surface area contributed by atoms with Crippen molar-refractivity contribution in [2.45, 2.75) is 25.6 Å². The first-order chi connectivity index (χ1) is 11.1. The van der Waals surface area contributed by atoms with Crippen LogP contribution in [0.25, 0.3) is 0 Å². The Kier molecular flexibility index (Phi) is 7.68. The zero-order valence-electron chi connectivity index (χ0n) is 13.4. The SMILES string of the molecule is Cl.FC(F)Oc1ccc(CN2CCC(N3CCNCC3)C2)cc1Br. The number of hydrogen-bond donors (Lipinski definition) is 1. The van der Waals surface area contributed by atoms with E-state index < -0.39 is 6.61 Å². The molecule has 0 aromatic heterocycles. The van der Waals surface area contributed by atoms with Crippen LogP contribution in [0.4, 0.5) is 8.78 Å². The van der Waals surface area contributed by atoms with Crippen molar-refractivity contribution < 1.29 is 13.5 Å². The van der Waals surface area contributed by atoms with Gasteiger partial charge in [0.05, 0.1) is 4.47 Å². The van der Waals surface area contributed by atoms with Crippen LogP contribution in [-0.4, -0.2) is 61.7 Å². The van der Waals surface area contributed by atoms with Gasteiger partial charge in [-0.25, -0.2) is 0 Å². The molecule has 1 aromatic carbocycles. The summed E-state index contributed by atoms with van der Waals surface area (Å²) in [5.41, 5.74) is 1.11. The van der Waals surface area contributed by atoms with Gasteiger partial charge in [0, 0.05) is 51.9 Å². The average molecular weight is 427 g/mol. The molecule has 2 heterocycles. The lowest BCUT2D eigenvalue weighted by Crippen LogP contribution is -2.49. The number of nitrogens with one attached hydrogen (secondary N) is 1. The molecule has 2 aliphatic heterocycles. The standard InChI is InChI=1S/C16H22BrF2N3O.ClH/c17-14-9-12(1-2-15(14)23-16(18)19)10-21-6-3-13(11-21)22-7-4-20-5-8-22;/h1-2,9,13,16,20H,3-8,10-11H2;1H. The fourth-order valence-corrected chi connectivity index (χ4v) is 3.91. The highest BCUT2D eigenvalue weighted by atomic mass is 79.9. The highest BCUT2D eigenvalue weighted by molar-refractivity contribution is 9.10. The number of nitrogens with zero attached hydrogens (tertiary/aromatic N) is 2. The van der Waals surface area contributed by atoms with Crippen LogP contribution in [0, 0.1) is 0 Å². The van der Waals surface area contributed by atoms with Crippen LogP contribution in [0.3, 0.4) is 0 Å². The molecule has 0 bridgehead atoms. The quantitative estimate of drug-likeness (QED) is 0.783. The second kappa shape index (κ2) is 9.29. The molecule has 0 radical (unpaired) electrons. The van der Waals surface area contributed by atoms with Crippen molar-refractivity contribution in [2.75, 3.05) is 39.3 Å². The number of hydrogen-bond acceptors (Lipinski definition) is 4. The van der Waals surface area contributed by atoms with Crippen LogP contribution >= 0.6 is 28.3 Å². The minimum Gasteiger partial charge on any atom is -0.434 e. The van der Waals surface area contributed by atoms with E-state index in [1.165, 1.54) is 6.42 Å². The first-order valence-electron chi connectivity index (χ1n) is 8.02. The summed E-state index contributed by atoms with van der Waals surface area (Å²) >= 11 is 3.31. The maximum absolute atomic E-state index is 12.3. The molecule has 3 rings (SSSR count). The predicted molar refractivity (Wildman–Crippen MR) is 96.1 cm³/mol. The van der Waals surface area contributed by atoms with Crippen LogP contribution < -0.4 is 10.1 Å². The van der Waals surface area contributed by atoms with Gasteiger partial charge in [-0.2, -0.15) is 8.78 Å². The van der Waals surface area contributed by atoms with Crippen molar-refractivity contribution in [3.05, 3.63) is 28.2 Å². The van der Waals surface area contributed by atoms with Crippen molar-refractivity contribution in [1.29, 1.82) is 0 Å². The Morgan fingerprint density at radius 3 is 2.67 bits per heavy atom. The molecule has 136 valence electrons. The molecule has 2 fully saturated rings. The fourth-order valence-electron chi connectivity index (χ4n) is 3.39. The third-order valence-corrected chi connectivity index (χ3v) is 5.15. The number of benzene rings is 1. The molecule has 1 unspecified atom stereocenters. The Hall–Kier alpha value is -0.470. The Bertz CT molecular complexity index is 532. The normalized spacial score (nSPS) is 22.6. The molecule has 1 aromatic rings. The first kappa shape index (κ1) is 19.8. The Morgan fingerprint density at radius 1 is 1.25 bits per heavy atom. The fraction of sp³-hybridized carbons (Fsp3) is 0.625. The summed E-state index contributed by atoms with van der Waals surface area (Å²) in [7, 11) is 0. The molecule has 0 saturated carbocycles. The maximum Gasteiger partial charge on any atom is 0.387 e. The van der Waals surface area contributed by atoms with E-state index in [4.69, 9.17) is 0 Å². The van der Waals surface area contributed by atoms with Gasteiger partial charge in [0.1, 0.15) is 5.75 Å². The lowest BCUT2D eigenvalue weighted by Gasteiger charge is -2.32. The summed E-state index contributed by atoms with van der Waals surface area (Å²) in [6.07, 6.45) is 1.20. The molecule has 0 aliphatic carbocycles. The number of alkyl halides is 2. The molecule has 1 N–H and O–H groups in total. The molecule has 1 atom stereocenters. The van der Waals surface area contributed by atoms with E-state index in [1.807, 2.05) is 12.1 Å². The van der Waals surface area contributed by atoms with Crippen LogP contribution in [0.15, 0.2) is 22.7 Å². The molecule has 4 nitrogen and oxygen atoms in total. The van der Waals surface area contributed by atoms with Crippen molar-refractivity contribution >= 4 is 28.3 Å². The molecule has 0 amide bonds. The molecule has 8 heteroatoms. The van der Waals surface area contributed by atoms with E-state index in [0.29, 0.717) is 10.5 Å². The van der Waals surface area contributed by atoms with Crippen molar-refractivity contribution in [1.82, 2.24) is 15.1 Å².